The molecule has 6 heteroatoms. The van der Waals surface area contributed by atoms with E-state index >= 15 is 0 Å². The molecule has 1 aromatic rings. The van der Waals surface area contributed by atoms with E-state index in [2.05, 4.69) is 37.2 Å². The van der Waals surface area contributed by atoms with Crippen LogP contribution in [0.4, 0.5) is 0 Å². The number of hydrogen-bond acceptors (Lipinski definition) is 4. The second-order valence-electron chi connectivity index (χ2n) is 7.05. The van der Waals surface area contributed by atoms with E-state index in [-0.39, 0.29) is 11.6 Å². The minimum Gasteiger partial charge on any atom is -0.356 e. The zero-order valence-corrected chi connectivity index (χ0v) is 14.8. The topological polar surface area (TPSA) is 71.6 Å². The van der Waals surface area contributed by atoms with Crippen LogP contribution in [-0.2, 0) is 11.3 Å². The van der Waals surface area contributed by atoms with Gasteiger partial charge in [-0.3, -0.25) is 4.79 Å². The van der Waals surface area contributed by atoms with Crippen molar-refractivity contribution >= 4 is 5.91 Å². The molecule has 1 aliphatic heterocycles. The van der Waals surface area contributed by atoms with Gasteiger partial charge in [0.05, 0.1) is 0 Å². The van der Waals surface area contributed by atoms with Crippen molar-refractivity contribution in [2.45, 2.75) is 75.9 Å². The fraction of sp³-hybridized carbons (Fsp3) is 0.684. The normalized spacial score (nSPS) is 18.2. The van der Waals surface area contributed by atoms with Crippen LogP contribution in [0.3, 0.4) is 0 Å². The molecule has 2 aliphatic rings. The Morgan fingerprint density at radius 2 is 2.16 bits per heavy atom. The second kappa shape index (κ2) is 8.28. The Hall–Kier alpha value is -2.16. The van der Waals surface area contributed by atoms with Gasteiger partial charge in [0, 0.05) is 57.1 Å². The van der Waals surface area contributed by atoms with Gasteiger partial charge in [0.1, 0.15) is 5.82 Å². The second-order valence-corrected chi connectivity index (χ2v) is 7.05. The molecule has 1 aromatic heterocycles. The Morgan fingerprint density at radius 3 is 2.88 bits per heavy atom. The maximum absolute atomic E-state index is 12.0. The van der Waals surface area contributed by atoms with Crippen molar-refractivity contribution in [3.63, 3.8) is 0 Å². The Kier molecular flexibility index (Phi) is 5.85. The summed E-state index contributed by atoms with van der Waals surface area (Å²) in [7, 11) is 0. The maximum Gasteiger partial charge on any atom is 0.220 e. The third-order valence-corrected chi connectivity index (χ3v) is 5.17. The first kappa shape index (κ1) is 17.7. The summed E-state index contributed by atoms with van der Waals surface area (Å²) in [6.07, 6.45) is 17.8. The third kappa shape index (κ3) is 4.91. The van der Waals surface area contributed by atoms with Gasteiger partial charge in [-0.05, 0) is 19.3 Å². The summed E-state index contributed by atoms with van der Waals surface area (Å²) in [5, 5.41) is 11.1. The smallest absolute Gasteiger partial charge is 0.220 e. The Labute approximate surface area is 149 Å². The van der Waals surface area contributed by atoms with Gasteiger partial charge < -0.3 is 9.88 Å². The van der Waals surface area contributed by atoms with Crippen LogP contribution < -0.4 is 5.32 Å². The van der Waals surface area contributed by atoms with Crippen LogP contribution in [0.2, 0.25) is 0 Å². The van der Waals surface area contributed by atoms with Crippen molar-refractivity contribution in [1.82, 2.24) is 14.9 Å². The van der Waals surface area contributed by atoms with Gasteiger partial charge in [0.25, 0.3) is 0 Å². The van der Waals surface area contributed by atoms with Crippen molar-refractivity contribution in [2.24, 2.45) is 10.2 Å². The molecule has 25 heavy (non-hydrogen) atoms. The molecule has 1 saturated carbocycles. The van der Waals surface area contributed by atoms with E-state index in [9.17, 15) is 4.79 Å². The molecule has 0 radical (unpaired) electrons. The monoisotopic (exact) mass is 341 g/mol. The fourth-order valence-corrected chi connectivity index (χ4v) is 3.60. The number of carbonyl (C=O) groups is 1. The Bertz CT molecular complexity index is 645. The number of aryl methyl sites for hydroxylation is 1. The summed E-state index contributed by atoms with van der Waals surface area (Å²) in [6.45, 7) is 1.59. The van der Waals surface area contributed by atoms with Gasteiger partial charge in [-0.25, -0.2) is 4.98 Å². The molecule has 134 valence electrons. The average molecular weight is 341 g/mol. The lowest BCUT2D eigenvalue weighted by Gasteiger charge is -2.13. The number of hydrogen-bond donors (Lipinski definition) is 1. The molecular formula is C19H27N5O. The van der Waals surface area contributed by atoms with Crippen molar-refractivity contribution < 1.29 is 4.79 Å². The number of nitrogens with one attached hydrogen (secondary N) is 1. The lowest BCUT2D eigenvalue weighted by atomic mass is 10.0. The summed E-state index contributed by atoms with van der Waals surface area (Å²) >= 11 is 0. The lowest BCUT2D eigenvalue weighted by molar-refractivity contribution is -0.121. The number of rotatable bonds is 10. The van der Waals surface area contributed by atoms with Crippen LogP contribution >= 0.6 is 0 Å². The highest BCUT2D eigenvalue weighted by Gasteiger charge is 2.39. The minimum absolute atomic E-state index is 0.0685. The molecule has 0 spiro atoms. The summed E-state index contributed by atoms with van der Waals surface area (Å²) in [4.78, 5) is 16.5. The molecule has 1 aliphatic carbocycles. The van der Waals surface area contributed by atoms with Crippen molar-refractivity contribution in [2.75, 3.05) is 6.54 Å². The van der Waals surface area contributed by atoms with E-state index < -0.39 is 0 Å². The molecule has 0 unspecified atom stereocenters. The van der Waals surface area contributed by atoms with Gasteiger partial charge in [0.2, 0.25) is 5.91 Å². The van der Waals surface area contributed by atoms with Crippen LogP contribution in [0.5, 0.6) is 0 Å². The molecule has 0 bridgehead atoms. The van der Waals surface area contributed by atoms with Gasteiger partial charge in [0.15, 0.2) is 5.66 Å². The number of imidazole rings is 1. The Morgan fingerprint density at radius 1 is 1.36 bits per heavy atom. The van der Waals surface area contributed by atoms with Crippen LogP contribution in [0, 0.1) is 12.3 Å². The lowest BCUT2D eigenvalue weighted by Crippen LogP contribution is -2.27. The standard InChI is InChI=1S/C19H27N5O/c1-2-3-10-19(22-23-19)11-9-17(25)20-12-6-14-24-15-13-21-18(24)16-7-4-5-8-16/h1,13,15-16H,3-12,14H2,(H,20,25). The molecule has 1 N–H and O–H groups in total. The van der Waals surface area contributed by atoms with Crippen LogP contribution in [0.15, 0.2) is 22.6 Å². The molecule has 0 saturated heterocycles. The molecule has 3 rings (SSSR count). The number of amides is 1. The molecule has 2 heterocycles. The predicted octanol–water partition coefficient (Wildman–Crippen LogP) is 3.40. The first-order chi connectivity index (χ1) is 12.2. The molecule has 1 fully saturated rings. The van der Waals surface area contributed by atoms with E-state index in [1.54, 1.807) is 0 Å². The number of terminal acetylenes is 1. The van der Waals surface area contributed by atoms with Crippen LogP contribution in [-0.4, -0.2) is 27.7 Å². The van der Waals surface area contributed by atoms with Gasteiger partial charge in [-0.15, -0.1) is 12.3 Å². The zero-order chi connectivity index (χ0) is 17.5. The molecular weight excluding hydrogens is 314 g/mol. The highest BCUT2D eigenvalue weighted by Crippen LogP contribution is 2.37. The highest BCUT2D eigenvalue weighted by molar-refractivity contribution is 5.75. The Balaban J connectivity index is 1.32. The van der Waals surface area contributed by atoms with E-state index in [0.717, 1.165) is 19.4 Å². The summed E-state index contributed by atoms with van der Waals surface area (Å²) in [5.74, 6) is 4.51. The fourth-order valence-electron chi connectivity index (χ4n) is 3.60. The quantitative estimate of drug-likeness (QED) is 0.523. The molecule has 0 aromatic carbocycles. The SMILES string of the molecule is C#CCCC1(CCC(=O)NCCCn2ccnc2C2CCCC2)N=N1. The van der Waals surface area contributed by atoms with E-state index in [1.165, 1.54) is 31.5 Å². The maximum atomic E-state index is 12.0. The highest BCUT2D eigenvalue weighted by atomic mass is 16.1. The van der Waals surface area contributed by atoms with Crippen LogP contribution in [0.1, 0.15) is 69.5 Å². The van der Waals surface area contributed by atoms with Crippen molar-refractivity contribution in [3.8, 4) is 12.3 Å². The predicted molar refractivity (Wildman–Crippen MR) is 96.0 cm³/mol. The van der Waals surface area contributed by atoms with Crippen LogP contribution in [0.25, 0.3) is 0 Å². The van der Waals surface area contributed by atoms with E-state index in [1.807, 2.05) is 6.20 Å². The molecule has 1 amide bonds. The third-order valence-electron chi connectivity index (χ3n) is 5.17. The number of nitrogens with zero attached hydrogens (tertiary/aromatic N) is 4. The zero-order valence-electron chi connectivity index (χ0n) is 14.8. The summed E-state index contributed by atoms with van der Waals surface area (Å²) in [5.41, 5.74) is -0.364. The van der Waals surface area contributed by atoms with Crippen molar-refractivity contribution in [3.05, 3.63) is 18.2 Å². The molecule has 6 nitrogen and oxygen atoms in total. The number of carbonyl (C=O) groups excluding carboxylic acids is 1. The van der Waals surface area contributed by atoms with Gasteiger partial charge in [-0.1, -0.05) is 12.8 Å². The molecule has 0 atom stereocenters. The average Bonchev–Trinajstić information content (AvgIpc) is 3.02. The van der Waals surface area contributed by atoms with Gasteiger partial charge >= 0.3 is 0 Å². The number of aromatic nitrogens is 2. The first-order valence-electron chi connectivity index (χ1n) is 9.38. The van der Waals surface area contributed by atoms with E-state index in [0.29, 0.717) is 31.7 Å². The largest absolute Gasteiger partial charge is 0.356 e. The first-order valence-corrected chi connectivity index (χ1v) is 9.38. The van der Waals surface area contributed by atoms with E-state index in [4.69, 9.17) is 6.42 Å². The summed E-state index contributed by atoms with van der Waals surface area (Å²) < 4.78 is 2.25. The minimum atomic E-state index is -0.364. The summed E-state index contributed by atoms with van der Waals surface area (Å²) in [6, 6.07) is 0. The van der Waals surface area contributed by atoms with Gasteiger partial charge in [-0.2, -0.15) is 10.2 Å². The van der Waals surface area contributed by atoms with Crippen molar-refractivity contribution in [1.29, 1.82) is 0 Å².